The molecule has 0 aliphatic heterocycles. The molecule has 9 rings (SSSR count). The Hall–Kier alpha value is -4.76. The van der Waals surface area contributed by atoms with Gasteiger partial charge in [-0.25, -0.2) is 0 Å². The van der Waals surface area contributed by atoms with E-state index in [1.807, 2.05) is 23.5 Å². The Morgan fingerprint density at radius 2 is 0.353 bits per heavy atom. The van der Waals surface area contributed by atoms with E-state index in [0.717, 1.165) is 20.9 Å². The van der Waals surface area contributed by atoms with Gasteiger partial charge in [0.05, 0.1) is 0 Å². The van der Waals surface area contributed by atoms with E-state index in [1.54, 1.807) is 22.7 Å². The third-order valence-electron chi connectivity index (χ3n) is 8.78. The van der Waals surface area contributed by atoms with Gasteiger partial charge in [-0.15, -0.1) is 56.7 Å². The zero-order valence-electron chi connectivity index (χ0n) is 26.8. The van der Waals surface area contributed by atoms with Crippen molar-refractivity contribution < 1.29 is 8.78 Å². The molecule has 0 saturated carbocycles. The lowest BCUT2D eigenvalue weighted by molar-refractivity contribution is 0.657. The van der Waals surface area contributed by atoms with E-state index in [0.29, 0.717) is 0 Å². The van der Waals surface area contributed by atoms with Crippen molar-refractivity contribution in [3.8, 4) is 83.5 Å². The summed E-state index contributed by atoms with van der Waals surface area (Å²) >= 11 is 7.73. The summed E-state index contributed by atoms with van der Waals surface area (Å²) in [6.07, 6.45) is 0. The van der Waals surface area contributed by atoms with Crippen LogP contribution in [0.2, 0.25) is 0 Å². The van der Waals surface area contributed by atoms with Crippen LogP contribution in [-0.4, -0.2) is 0 Å². The molecule has 9 aromatic rings. The van der Waals surface area contributed by atoms with E-state index in [-0.39, 0.29) is 10.3 Å². The third-order valence-corrected chi connectivity index (χ3v) is 14.2. The molecule has 0 spiro atoms. The number of benzene rings is 4. The van der Waals surface area contributed by atoms with Crippen LogP contribution in [0.4, 0.5) is 8.78 Å². The Morgan fingerprint density at radius 3 is 0.510 bits per heavy atom. The molecule has 5 aromatic heterocycles. The van der Waals surface area contributed by atoms with E-state index in [4.69, 9.17) is 0 Å². The molecule has 0 radical (unpaired) electrons. The van der Waals surface area contributed by atoms with Crippen molar-refractivity contribution in [3.63, 3.8) is 0 Å². The molecule has 246 valence electrons. The number of hydrogen-bond donors (Lipinski definition) is 0. The molecule has 0 bridgehead atoms. The second-order valence-electron chi connectivity index (χ2n) is 12.0. The zero-order chi connectivity index (χ0) is 34.3. The number of hydrogen-bond acceptors (Lipinski definition) is 5. The number of thiophene rings is 5. The van der Waals surface area contributed by atoms with Crippen LogP contribution in [0.3, 0.4) is 0 Å². The molecule has 0 aliphatic rings. The SMILES string of the molecule is Fc1ccc(-c2ccc(-c3ccc(-c4ccc(-c5ccc(-c6ccc(-c7ccc(-c8ccc(-c9ccc(F)s9)cc8)s7)cc6)s5)cc4)s3)cc2)s1. The number of rotatable bonds is 8. The maximum Gasteiger partial charge on any atom is 0.176 e. The van der Waals surface area contributed by atoms with Crippen LogP contribution >= 0.6 is 56.7 Å². The summed E-state index contributed by atoms with van der Waals surface area (Å²) in [7, 11) is 0. The summed E-state index contributed by atoms with van der Waals surface area (Å²) in [6, 6.07) is 54.3. The molecule has 0 aliphatic carbocycles. The fourth-order valence-corrected chi connectivity index (χ4v) is 10.6. The highest BCUT2D eigenvalue weighted by molar-refractivity contribution is 7.19. The standard InChI is InChI=1S/C44H26F2S5/c45-43-25-23-41(50-43)33-13-9-31(10-14-33)39-21-19-37(48-39)29-5-1-27(2-6-29)35-17-18-36(47-35)28-3-7-30(8-4-28)38-20-22-40(49-38)32-11-15-34(16-12-32)42-24-26-44(46)51-42/h1-26H. The van der Waals surface area contributed by atoms with E-state index in [9.17, 15) is 8.78 Å². The molecule has 0 saturated heterocycles. The zero-order valence-corrected chi connectivity index (χ0v) is 30.9. The molecule has 0 unspecified atom stereocenters. The molecule has 0 N–H and O–H groups in total. The molecule has 0 fully saturated rings. The normalized spacial score (nSPS) is 11.3. The van der Waals surface area contributed by atoms with Crippen LogP contribution in [0.1, 0.15) is 0 Å². The van der Waals surface area contributed by atoms with Crippen LogP contribution in [0.15, 0.2) is 158 Å². The Balaban J connectivity index is 0.860. The smallest absolute Gasteiger partial charge is 0.176 e. The maximum absolute atomic E-state index is 13.5. The summed E-state index contributed by atoms with van der Waals surface area (Å²) in [5.74, 6) is 0. The van der Waals surface area contributed by atoms with Gasteiger partial charge >= 0.3 is 0 Å². The quantitative estimate of drug-likeness (QED) is 0.145. The highest BCUT2D eigenvalue weighted by Crippen LogP contribution is 2.40. The highest BCUT2D eigenvalue weighted by Gasteiger charge is 2.11. The van der Waals surface area contributed by atoms with Crippen molar-refractivity contribution in [2.24, 2.45) is 0 Å². The Morgan fingerprint density at radius 1 is 0.196 bits per heavy atom. The minimum absolute atomic E-state index is 0.159. The van der Waals surface area contributed by atoms with Gasteiger partial charge in [0.2, 0.25) is 0 Å². The van der Waals surface area contributed by atoms with Gasteiger partial charge < -0.3 is 0 Å². The van der Waals surface area contributed by atoms with Gasteiger partial charge in [-0.2, -0.15) is 8.78 Å². The van der Waals surface area contributed by atoms with Gasteiger partial charge in [0.1, 0.15) is 0 Å². The van der Waals surface area contributed by atoms with Crippen LogP contribution in [0.25, 0.3) is 83.5 Å². The molecular formula is C44H26F2S5. The van der Waals surface area contributed by atoms with E-state index in [1.165, 1.54) is 97.4 Å². The second-order valence-corrected chi connectivity index (χ2v) is 17.3. The summed E-state index contributed by atoms with van der Waals surface area (Å²) in [5, 5.41) is -0.318. The monoisotopic (exact) mass is 752 g/mol. The molecule has 0 amide bonds. The van der Waals surface area contributed by atoms with Gasteiger partial charge in [0.25, 0.3) is 0 Å². The fraction of sp³-hybridized carbons (Fsp3) is 0. The lowest BCUT2D eigenvalue weighted by Gasteiger charge is -2.03. The molecule has 7 heteroatoms. The minimum Gasteiger partial charge on any atom is -0.195 e. The molecule has 0 nitrogen and oxygen atoms in total. The first kappa shape index (κ1) is 32.2. The predicted octanol–water partition coefficient (Wildman–Crippen LogP) is 15.6. The van der Waals surface area contributed by atoms with Crippen molar-refractivity contribution >= 4 is 56.7 Å². The van der Waals surface area contributed by atoms with Crippen LogP contribution < -0.4 is 0 Å². The average Bonchev–Trinajstić information content (AvgIpc) is 4.03. The van der Waals surface area contributed by atoms with Crippen LogP contribution in [-0.2, 0) is 0 Å². The summed E-state index contributed by atoms with van der Waals surface area (Å²) < 4.78 is 26.9. The average molecular weight is 753 g/mol. The fourth-order valence-electron chi connectivity index (χ4n) is 6.08. The van der Waals surface area contributed by atoms with E-state index >= 15 is 0 Å². The maximum atomic E-state index is 13.5. The molecule has 5 heterocycles. The summed E-state index contributed by atoms with van der Waals surface area (Å²) in [5.41, 5.74) is 9.25. The van der Waals surface area contributed by atoms with Crippen LogP contribution in [0.5, 0.6) is 0 Å². The molecule has 0 atom stereocenters. The predicted molar refractivity (Wildman–Crippen MR) is 219 cm³/mol. The Labute approximate surface area is 314 Å². The lowest BCUT2D eigenvalue weighted by atomic mass is 10.1. The second kappa shape index (κ2) is 13.8. The van der Waals surface area contributed by atoms with Crippen molar-refractivity contribution in [2.45, 2.75) is 0 Å². The first-order valence-electron chi connectivity index (χ1n) is 16.3. The third kappa shape index (κ3) is 6.71. The lowest BCUT2D eigenvalue weighted by Crippen LogP contribution is -1.75. The van der Waals surface area contributed by atoms with Gasteiger partial charge in [-0.1, -0.05) is 97.1 Å². The highest BCUT2D eigenvalue weighted by atomic mass is 32.1. The first-order valence-corrected chi connectivity index (χ1v) is 20.3. The van der Waals surface area contributed by atoms with Crippen molar-refractivity contribution in [2.75, 3.05) is 0 Å². The largest absolute Gasteiger partial charge is 0.195 e. The van der Waals surface area contributed by atoms with Gasteiger partial charge in [-0.05, 0) is 105 Å². The van der Waals surface area contributed by atoms with Crippen molar-refractivity contribution in [1.82, 2.24) is 0 Å². The molecule has 51 heavy (non-hydrogen) atoms. The molecule has 4 aromatic carbocycles. The minimum atomic E-state index is -0.159. The van der Waals surface area contributed by atoms with Crippen LogP contribution in [0, 0.1) is 10.3 Å². The van der Waals surface area contributed by atoms with E-state index < -0.39 is 0 Å². The van der Waals surface area contributed by atoms with Crippen molar-refractivity contribution in [3.05, 3.63) is 168 Å². The van der Waals surface area contributed by atoms with Gasteiger partial charge in [0.15, 0.2) is 10.3 Å². The van der Waals surface area contributed by atoms with Gasteiger partial charge in [0, 0.05) is 39.0 Å². The van der Waals surface area contributed by atoms with Gasteiger partial charge in [-0.3, -0.25) is 0 Å². The Kier molecular flexibility index (Phi) is 8.67. The first-order chi connectivity index (χ1) is 25.0. The number of halogens is 2. The molecular weight excluding hydrogens is 727 g/mol. The topological polar surface area (TPSA) is 0 Å². The summed E-state index contributed by atoms with van der Waals surface area (Å²) in [6.45, 7) is 0. The Bertz CT molecular complexity index is 2400. The van der Waals surface area contributed by atoms with Crippen molar-refractivity contribution in [1.29, 1.82) is 0 Å². The summed E-state index contributed by atoms with van der Waals surface area (Å²) in [4.78, 5) is 9.27. The van der Waals surface area contributed by atoms with E-state index in [2.05, 4.69) is 133 Å².